The number of para-hydroxylation sites is 1. The maximum atomic E-state index is 11.1. The van der Waals surface area contributed by atoms with E-state index in [4.69, 9.17) is 9.84 Å². The van der Waals surface area contributed by atoms with Gasteiger partial charge in [0.2, 0.25) is 0 Å². The molecule has 2 rings (SSSR count). The van der Waals surface area contributed by atoms with Gasteiger partial charge in [-0.15, -0.1) is 0 Å². The summed E-state index contributed by atoms with van der Waals surface area (Å²) in [7, 11) is 0. The van der Waals surface area contributed by atoms with E-state index >= 15 is 0 Å². The average molecular weight is 310 g/mol. The quantitative estimate of drug-likeness (QED) is 0.579. The van der Waals surface area contributed by atoms with Crippen molar-refractivity contribution in [2.24, 2.45) is 5.92 Å². The van der Waals surface area contributed by atoms with E-state index in [9.17, 15) is 20.1 Å². The normalized spacial score (nSPS) is 31.7. The zero-order chi connectivity index (χ0) is 16.2. The fraction of sp³-hybridized carbons (Fsp3) is 0.562. The smallest absolute Gasteiger partial charge is 0.335 e. The molecular weight excluding hydrogens is 288 g/mol. The molecule has 1 aliphatic carbocycles. The third kappa shape index (κ3) is 3.97. The van der Waals surface area contributed by atoms with Crippen LogP contribution < -0.4 is 4.74 Å². The Labute approximate surface area is 129 Å². The molecule has 0 unspecified atom stereocenters. The van der Waals surface area contributed by atoms with Crippen LogP contribution in [-0.4, -0.2) is 50.8 Å². The Hall–Kier alpha value is -1.63. The summed E-state index contributed by atoms with van der Waals surface area (Å²) in [5.74, 6) is -1.08. The number of carboxylic acid groups (broad SMARTS) is 1. The summed E-state index contributed by atoms with van der Waals surface area (Å²) in [6.45, 7) is 0.425. The Morgan fingerprint density at radius 3 is 2.55 bits per heavy atom. The molecule has 6 nitrogen and oxygen atoms in total. The van der Waals surface area contributed by atoms with Crippen molar-refractivity contribution in [2.75, 3.05) is 6.61 Å². The molecule has 0 aromatic heterocycles. The molecule has 0 spiro atoms. The Balaban J connectivity index is 1.84. The summed E-state index contributed by atoms with van der Waals surface area (Å²) in [6.07, 6.45) is -1.59. The van der Waals surface area contributed by atoms with E-state index in [2.05, 4.69) is 0 Å². The first-order chi connectivity index (χ1) is 10.4. The van der Waals surface area contributed by atoms with E-state index in [0.29, 0.717) is 19.4 Å². The lowest BCUT2D eigenvalue weighted by atomic mass is 9.73. The fourth-order valence-corrected chi connectivity index (χ4v) is 2.92. The number of hydrogen-bond donors (Lipinski definition) is 4. The first kappa shape index (κ1) is 16.7. The second-order valence-corrected chi connectivity index (χ2v) is 5.87. The minimum atomic E-state index is -1.97. The van der Waals surface area contributed by atoms with Gasteiger partial charge in [-0.25, -0.2) is 4.79 Å². The third-order valence-corrected chi connectivity index (χ3v) is 4.15. The van der Waals surface area contributed by atoms with Crippen LogP contribution in [0.1, 0.15) is 25.7 Å². The van der Waals surface area contributed by atoms with Crippen molar-refractivity contribution < 1.29 is 30.0 Å². The number of carboxylic acids is 1. The molecule has 0 bridgehead atoms. The van der Waals surface area contributed by atoms with E-state index in [1.54, 1.807) is 0 Å². The molecule has 0 aliphatic heterocycles. The fourth-order valence-electron chi connectivity index (χ4n) is 2.92. The van der Waals surface area contributed by atoms with Crippen LogP contribution in [0.4, 0.5) is 0 Å². The van der Waals surface area contributed by atoms with E-state index in [1.807, 2.05) is 30.3 Å². The predicted molar refractivity (Wildman–Crippen MR) is 78.5 cm³/mol. The molecule has 122 valence electrons. The van der Waals surface area contributed by atoms with Gasteiger partial charge in [0, 0.05) is 6.42 Å². The minimum absolute atomic E-state index is 0.0636. The maximum Gasteiger partial charge on any atom is 0.335 e. The molecule has 0 radical (unpaired) electrons. The van der Waals surface area contributed by atoms with Crippen molar-refractivity contribution in [3.63, 3.8) is 0 Å². The summed E-state index contributed by atoms with van der Waals surface area (Å²) < 4.78 is 5.54. The lowest BCUT2D eigenvalue weighted by Gasteiger charge is -2.40. The summed E-state index contributed by atoms with van der Waals surface area (Å²) in [6, 6.07) is 9.29. The summed E-state index contributed by atoms with van der Waals surface area (Å²) >= 11 is 0. The first-order valence-electron chi connectivity index (χ1n) is 7.42. The van der Waals surface area contributed by atoms with Crippen molar-refractivity contribution in [3.05, 3.63) is 30.3 Å². The van der Waals surface area contributed by atoms with Crippen LogP contribution in [0.25, 0.3) is 0 Å². The minimum Gasteiger partial charge on any atom is -0.494 e. The molecule has 0 amide bonds. The van der Waals surface area contributed by atoms with Gasteiger partial charge in [0.1, 0.15) is 5.75 Å². The Morgan fingerprint density at radius 2 is 1.91 bits per heavy atom. The van der Waals surface area contributed by atoms with Crippen LogP contribution >= 0.6 is 0 Å². The summed E-state index contributed by atoms with van der Waals surface area (Å²) in [5.41, 5.74) is -1.97. The molecule has 6 heteroatoms. The molecule has 0 saturated heterocycles. The van der Waals surface area contributed by atoms with Gasteiger partial charge in [-0.1, -0.05) is 18.2 Å². The molecule has 1 fully saturated rings. The highest BCUT2D eigenvalue weighted by atomic mass is 16.5. The number of ether oxygens (including phenoxy) is 1. The topological polar surface area (TPSA) is 107 Å². The number of benzene rings is 1. The number of aliphatic hydroxyl groups is 3. The second kappa shape index (κ2) is 7.09. The molecule has 1 saturated carbocycles. The SMILES string of the molecule is O=C(O)[C@]1(O)C[C@H](CCCOc2ccccc2)[C@@H](O)[C@H](O)C1. The standard InChI is InChI=1S/C16H22O6/c17-13-10-16(21,15(19)20)9-11(14(13)18)5-4-8-22-12-6-2-1-3-7-12/h1-3,6-7,11,13-14,17-18,21H,4-5,8-10H2,(H,19,20)/t11-,13+,14+,16-/m0/s1. The van der Waals surface area contributed by atoms with Gasteiger partial charge in [-0.3, -0.25) is 0 Å². The van der Waals surface area contributed by atoms with Crippen molar-refractivity contribution >= 4 is 5.97 Å². The molecule has 1 aromatic rings. The van der Waals surface area contributed by atoms with Crippen molar-refractivity contribution in [1.29, 1.82) is 0 Å². The van der Waals surface area contributed by atoms with Crippen molar-refractivity contribution in [2.45, 2.75) is 43.5 Å². The number of aliphatic hydroxyl groups excluding tert-OH is 2. The van der Waals surface area contributed by atoms with Gasteiger partial charge in [0.05, 0.1) is 18.8 Å². The van der Waals surface area contributed by atoms with Crippen molar-refractivity contribution in [1.82, 2.24) is 0 Å². The Kier molecular flexibility index (Phi) is 5.39. The average Bonchev–Trinajstić information content (AvgIpc) is 2.49. The highest BCUT2D eigenvalue weighted by molar-refractivity contribution is 5.77. The Morgan fingerprint density at radius 1 is 1.23 bits per heavy atom. The molecule has 22 heavy (non-hydrogen) atoms. The van der Waals surface area contributed by atoms with Crippen LogP contribution in [0.3, 0.4) is 0 Å². The monoisotopic (exact) mass is 310 g/mol. The molecule has 1 aliphatic rings. The number of rotatable bonds is 6. The van der Waals surface area contributed by atoms with Crippen LogP contribution in [-0.2, 0) is 4.79 Å². The number of carbonyl (C=O) groups is 1. The van der Waals surface area contributed by atoms with Gasteiger partial charge >= 0.3 is 5.97 Å². The van der Waals surface area contributed by atoms with Gasteiger partial charge in [0.15, 0.2) is 5.60 Å². The molecular formula is C16H22O6. The van der Waals surface area contributed by atoms with E-state index in [1.165, 1.54) is 0 Å². The summed E-state index contributed by atoms with van der Waals surface area (Å²) in [4.78, 5) is 11.1. The van der Waals surface area contributed by atoms with Gasteiger partial charge in [0.25, 0.3) is 0 Å². The van der Waals surface area contributed by atoms with Gasteiger partial charge in [-0.2, -0.15) is 0 Å². The highest BCUT2D eigenvalue weighted by Crippen LogP contribution is 2.35. The number of hydrogen-bond acceptors (Lipinski definition) is 5. The third-order valence-electron chi connectivity index (χ3n) is 4.15. The zero-order valence-electron chi connectivity index (χ0n) is 12.3. The highest BCUT2D eigenvalue weighted by Gasteiger charge is 2.48. The maximum absolute atomic E-state index is 11.1. The first-order valence-corrected chi connectivity index (χ1v) is 7.42. The van der Waals surface area contributed by atoms with E-state index < -0.39 is 29.7 Å². The van der Waals surface area contributed by atoms with Crippen molar-refractivity contribution in [3.8, 4) is 5.75 Å². The molecule has 1 aromatic carbocycles. The van der Waals surface area contributed by atoms with E-state index in [0.717, 1.165) is 5.75 Å². The molecule has 4 N–H and O–H groups in total. The lowest BCUT2D eigenvalue weighted by molar-refractivity contribution is -0.179. The Bertz CT molecular complexity index is 491. The lowest BCUT2D eigenvalue weighted by Crippen LogP contribution is -2.53. The van der Waals surface area contributed by atoms with Crippen LogP contribution in [0.5, 0.6) is 5.75 Å². The second-order valence-electron chi connectivity index (χ2n) is 5.87. The zero-order valence-corrected chi connectivity index (χ0v) is 12.3. The van der Waals surface area contributed by atoms with Crippen LogP contribution in [0, 0.1) is 5.92 Å². The van der Waals surface area contributed by atoms with Crippen LogP contribution in [0.2, 0.25) is 0 Å². The largest absolute Gasteiger partial charge is 0.494 e. The van der Waals surface area contributed by atoms with E-state index in [-0.39, 0.29) is 12.8 Å². The predicted octanol–water partition coefficient (Wildman–Crippen LogP) is 0.793. The van der Waals surface area contributed by atoms with Crippen LogP contribution in [0.15, 0.2) is 30.3 Å². The van der Waals surface area contributed by atoms with Gasteiger partial charge in [-0.05, 0) is 37.3 Å². The molecule has 4 atom stereocenters. The number of aliphatic carboxylic acids is 1. The summed E-state index contributed by atoms with van der Waals surface area (Å²) in [5, 5.41) is 38.8. The van der Waals surface area contributed by atoms with Gasteiger partial charge < -0.3 is 25.2 Å². The molecule has 0 heterocycles.